The highest BCUT2D eigenvalue weighted by molar-refractivity contribution is 4.94. The molecule has 0 aromatic rings. The van der Waals surface area contributed by atoms with Gasteiger partial charge >= 0.3 is 0 Å². The smallest absolute Gasteiger partial charge is 0.0137 e. The number of allylic oxidation sites excluding steroid dienone is 1. The van der Waals surface area contributed by atoms with Crippen LogP contribution < -0.4 is 5.32 Å². The van der Waals surface area contributed by atoms with Crippen LogP contribution in [0.25, 0.3) is 0 Å². The van der Waals surface area contributed by atoms with Gasteiger partial charge in [-0.3, -0.25) is 0 Å². The molecule has 15 heavy (non-hydrogen) atoms. The molecule has 0 unspecified atom stereocenters. The van der Waals surface area contributed by atoms with E-state index in [0.717, 1.165) is 18.4 Å². The quantitative estimate of drug-likeness (QED) is 0.537. The first kappa shape index (κ1) is 12.8. The minimum atomic E-state index is 0.943. The lowest BCUT2D eigenvalue weighted by Gasteiger charge is -2.27. The Morgan fingerprint density at radius 2 is 1.73 bits per heavy atom. The Bertz CT molecular complexity index is 184. The van der Waals surface area contributed by atoms with Gasteiger partial charge in [-0.25, -0.2) is 0 Å². The van der Waals surface area contributed by atoms with Crippen molar-refractivity contribution in [2.24, 2.45) is 11.8 Å². The Morgan fingerprint density at radius 3 is 2.27 bits per heavy atom. The predicted molar refractivity (Wildman–Crippen MR) is 68.0 cm³/mol. The zero-order valence-corrected chi connectivity index (χ0v) is 10.7. The molecule has 1 rings (SSSR count). The zero-order chi connectivity index (χ0) is 11.1. The van der Waals surface area contributed by atoms with Crippen molar-refractivity contribution in [3.8, 4) is 0 Å². The van der Waals surface area contributed by atoms with Crippen LogP contribution >= 0.6 is 0 Å². The van der Waals surface area contributed by atoms with Crippen LogP contribution in [0.1, 0.15) is 52.9 Å². The maximum atomic E-state index is 3.54. The average molecular weight is 209 g/mol. The molecule has 0 spiro atoms. The van der Waals surface area contributed by atoms with Crippen LogP contribution in [0.3, 0.4) is 0 Å². The van der Waals surface area contributed by atoms with E-state index in [1.54, 1.807) is 0 Å². The normalized spacial score (nSPS) is 26.3. The second-order valence-corrected chi connectivity index (χ2v) is 5.23. The summed E-state index contributed by atoms with van der Waals surface area (Å²) in [4.78, 5) is 0. The summed E-state index contributed by atoms with van der Waals surface area (Å²) in [6.07, 6.45) is 9.48. The molecule has 1 saturated carbocycles. The van der Waals surface area contributed by atoms with Crippen molar-refractivity contribution < 1.29 is 0 Å². The summed E-state index contributed by atoms with van der Waals surface area (Å²) >= 11 is 0. The van der Waals surface area contributed by atoms with E-state index >= 15 is 0 Å². The standard InChI is InChI=1S/C14H27N/c1-4-13-5-7-14(8-6-13)11-15-10-9-12(2)3/h9,13-15H,4-8,10-11H2,1-3H3. The second kappa shape index (κ2) is 7.05. The van der Waals surface area contributed by atoms with Gasteiger partial charge in [-0.15, -0.1) is 0 Å². The molecule has 0 aromatic carbocycles. The van der Waals surface area contributed by atoms with Gasteiger partial charge in [-0.1, -0.05) is 37.8 Å². The summed E-state index contributed by atoms with van der Waals surface area (Å²) in [7, 11) is 0. The third-order valence-corrected chi connectivity index (χ3v) is 3.63. The van der Waals surface area contributed by atoms with Crippen molar-refractivity contribution in [2.75, 3.05) is 13.1 Å². The minimum absolute atomic E-state index is 0.943. The van der Waals surface area contributed by atoms with Gasteiger partial charge in [0.1, 0.15) is 0 Å². The summed E-state index contributed by atoms with van der Waals surface area (Å²) in [6.45, 7) is 8.93. The van der Waals surface area contributed by atoms with Gasteiger partial charge in [-0.05, 0) is 45.1 Å². The van der Waals surface area contributed by atoms with Gasteiger partial charge in [0.05, 0.1) is 0 Å². The Morgan fingerprint density at radius 1 is 1.13 bits per heavy atom. The molecule has 0 aromatic heterocycles. The molecule has 88 valence electrons. The summed E-state index contributed by atoms with van der Waals surface area (Å²) in [5, 5.41) is 3.54. The van der Waals surface area contributed by atoms with E-state index in [4.69, 9.17) is 0 Å². The van der Waals surface area contributed by atoms with Crippen LogP contribution in [0.15, 0.2) is 11.6 Å². The van der Waals surface area contributed by atoms with Crippen molar-refractivity contribution in [2.45, 2.75) is 52.9 Å². The van der Waals surface area contributed by atoms with Gasteiger partial charge in [0.15, 0.2) is 0 Å². The molecule has 0 aliphatic heterocycles. The molecule has 0 bridgehead atoms. The molecule has 1 nitrogen and oxygen atoms in total. The monoisotopic (exact) mass is 209 g/mol. The van der Waals surface area contributed by atoms with Crippen LogP contribution in [-0.4, -0.2) is 13.1 Å². The average Bonchev–Trinajstić information content (AvgIpc) is 2.25. The molecular formula is C14H27N. The number of nitrogens with one attached hydrogen (secondary N) is 1. The third-order valence-electron chi connectivity index (χ3n) is 3.63. The van der Waals surface area contributed by atoms with E-state index < -0.39 is 0 Å². The lowest BCUT2D eigenvalue weighted by Crippen LogP contribution is -2.26. The summed E-state index contributed by atoms with van der Waals surface area (Å²) in [5.74, 6) is 1.97. The Labute approximate surface area is 95.3 Å². The van der Waals surface area contributed by atoms with Crippen molar-refractivity contribution in [1.29, 1.82) is 0 Å². The van der Waals surface area contributed by atoms with Gasteiger partial charge in [0.25, 0.3) is 0 Å². The molecule has 0 radical (unpaired) electrons. The number of hydrogen-bond donors (Lipinski definition) is 1. The third kappa shape index (κ3) is 5.36. The lowest BCUT2D eigenvalue weighted by atomic mass is 9.81. The maximum Gasteiger partial charge on any atom is 0.0137 e. The van der Waals surface area contributed by atoms with Gasteiger partial charge < -0.3 is 5.32 Å². The van der Waals surface area contributed by atoms with Crippen LogP contribution in [0.5, 0.6) is 0 Å². The largest absolute Gasteiger partial charge is 0.313 e. The second-order valence-electron chi connectivity index (χ2n) is 5.23. The Balaban J connectivity index is 2.06. The van der Waals surface area contributed by atoms with E-state index in [1.807, 2.05) is 0 Å². The van der Waals surface area contributed by atoms with Crippen molar-refractivity contribution in [3.63, 3.8) is 0 Å². The minimum Gasteiger partial charge on any atom is -0.313 e. The summed E-state index contributed by atoms with van der Waals surface area (Å²) in [5.41, 5.74) is 1.41. The molecule has 1 heteroatoms. The zero-order valence-electron chi connectivity index (χ0n) is 10.7. The van der Waals surface area contributed by atoms with Crippen molar-refractivity contribution in [3.05, 3.63) is 11.6 Å². The Hall–Kier alpha value is -0.300. The topological polar surface area (TPSA) is 12.0 Å². The fourth-order valence-electron chi connectivity index (χ4n) is 2.41. The Kier molecular flexibility index (Phi) is 6.00. The molecule has 1 aliphatic rings. The fraction of sp³-hybridized carbons (Fsp3) is 0.857. The first-order valence-corrected chi connectivity index (χ1v) is 6.56. The van der Waals surface area contributed by atoms with E-state index in [0.29, 0.717) is 0 Å². The predicted octanol–water partition coefficient (Wildman–Crippen LogP) is 3.76. The van der Waals surface area contributed by atoms with Crippen LogP contribution in [0.4, 0.5) is 0 Å². The van der Waals surface area contributed by atoms with Gasteiger partial charge in [0.2, 0.25) is 0 Å². The number of hydrogen-bond acceptors (Lipinski definition) is 1. The molecule has 1 aliphatic carbocycles. The van der Waals surface area contributed by atoms with E-state index in [9.17, 15) is 0 Å². The number of rotatable bonds is 5. The SMILES string of the molecule is CCC1CCC(CNCC=C(C)C)CC1. The molecule has 0 saturated heterocycles. The molecule has 1 fully saturated rings. The molecule has 0 amide bonds. The first-order chi connectivity index (χ1) is 7.22. The molecule has 0 atom stereocenters. The van der Waals surface area contributed by atoms with Gasteiger partial charge in [0, 0.05) is 6.54 Å². The molecule has 1 N–H and O–H groups in total. The lowest BCUT2D eigenvalue weighted by molar-refractivity contribution is 0.264. The summed E-state index contributed by atoms with van der Waals surface area (Å²) < 4.78 is 0. The van der Waals surface area contributed by atoms with E-state index in [1.165, 1.54) is 44.2 Å². The van der Waals surface area contributed by atoms with E-state index in [2.05, 4.69) is 32.2 Å². The fourth-order valence-corrected chi connectivity index (χ4v) is 2.41. The van der Waals surface area contributed by atoms with Gasteiger partial charge in [-0.2, -0.15) is 0 Å². The molecular weight excluding hydrogens is 182 g/mol. The first-order valence-electron chi connectivity index (χ1n) is 6.56. The van der Waals surface area contributed by atoms with E-state index in [-0.39, 0.29) is 0 Å². The van der Waals surface area contributed by atoms with Crippen LogP contribution in [0, 0.1) is 11.8 Å². The van der Waals surface area contributed by atoms with Crippen molar-refractivity contribution >= 4 is 0 Å². The highest BCUT2D eigenvalue weighted by atomic mass is 14.8. The highest BCUT2D eigenvalue weighted by Crippen LogP contribution is 2.29. The van der Waals surface area contributed by atoms with Crippen LogP contribution in [0.2, 0.25) is 0 Å². The molecule has 0 heterocycles. The maximum absolute atomic E-state index is 3.54. The van der Waals surface area contributed by atoms with Crippen LogP contribution in [-0.2, 0) is 0 Å². The summed E-state index contributed by atoms with van der Waals surface area (Å²) in [6, 6.07) is 0. The highest BCUT2D eigenvalue weighted by Gasteiger charge is 2.18. The van der Waals surface area contributed by atoms with Crippen molar-refractivity contribution in [1.82, 2.24) is 5.32 Å².